The van der Waals surface area contributed by atoms with Gasteiger partial charge < -0.3 is 0 Å². The van der Waals surface area contributed by atoms with Gasteiger partial charge in [-0.1, -0.05) is 141 Å². The van der Waals surface area contributed by atoms with E-state index in [9.17, 15) is 0 Å². The zero-order chi connectivity index (χ0) is 36.3. The molecule has 5 heteroatoms. The van der Waals surface area contributed by atoms with Crippen molar-refractivity contribution in [2.45, 2.75) is 19.3 Å². The normalized spacial score (nSPS) is 13.5. The molecule has 0 atom stereocenters. The molecule has 54 heavy (non-hydrogen) atoms. The van der Waals surface area contributed by atoms with E-state index in [1.807, 2.05) is 29.8 Å². The topological polar surface area (TPSA) is 29.0 Å². The molecule has 0 fully saturated rings. The van der Waals surface area contributed by atoms with E-state index < -0.39 is 8.07 Å². The van der Waals surface area contributed by atoms with Crippen molar-refractivity contribution in [1.82, 2.24) is 9.97 Å². The van der Waals surface area contributed by atoms with Crippen molar-refractivity contribution in [3.8, 4) is 11.3 Å². The van der Waals surface area contributed by atoms with Crippen LogP contribution >= 0.6 is 11.3 Å². The second-order valence-corrected chi connectivity index (χ2v) is 19.5. The van der Waals surface area contributed by atoms with Crippen LogP contribution in [0.25, 0.3) is 31.4 Å². The first-order chi connectivity index (χ1) is 26.5. The molecule has 0 amide bonds. The lowest BCUT2D eigenvalue weighted by atomic mass is 9.73. The number of fused-ring (bicyclic) bond motifs is 6. The van der Waals surface area contributed by atoms with Gasteiger partial charge in [0.2, 0.25) is 0 Å². The fourth-order valence-corrected chi connectivity index (χ4v) is 14.8. The standard InChI is InChI=1S/C49H37N3SSi/c1-49(2)41-25-15-31-51-48(41)52(43-28-29-45-46(47(43)49)40-24-9-10-27-44(40)53-45)35-17-14-23-39(33-35)54(36-18-5-3-6-19-36,37-20-7-4-8-21-37)38-22-13-16-34(32-38)42-26-11-12-30-50-42/h3-33H,1-2H3. The van der Waals surface area contributed by atoms with Gasteiger partial charge >= 0.3 is 0 Å². The van der Waals surface area contributed by atoms with Gasteiger partial charge in [-0.2, -0.15) is 0 Å². The lowest BCUT2D eigenvalue weighted by Crippen LogP contribution is -2.74. The second kappa shape index (κ2) is 12.8. The number of aromatic nitrogens is 2. The maximum absolute atomic E-state index is 5.15. The third kappa shape index (κ3) is 4.93. The van der Waals surface area contributed by atoms with Crippen LogP contribution in [-0.4, -0.2) is 18.0 Å². The molecule has 0 aliphatic carbocycles. The molecule has 1 aliphatic heterocycles. The van der Waals surface area contributed by atoms with Crippen molar-refractivity contribution in [3.63, 3.8) is 0 Å². The molecule has 0 saturated carbocycles. The summed E-state index contributed by atoms with van der Waals surface area (Å²) in [4.78, 5) is 12.3. The highest BCUT2D eigenvalue weighted by Crippen LogP contribution is 2.55. The lowest BCUT2D eigenvalue weighted by Gasteiger charge is -2.42. The van der Waals surface area contributed by atoms with Gasteiger partial charge in [-0.3, -0.25) is 9.88 Å². The van der Waals surface area contributed by atoms with Crippen LogP contribution in [0.5, 0.6) is 0 Å². The molecule has 3 nitrogen and oxygen atoms in total. The molecule has 6 aromatic carbocycles. The highest BCUT2D eigenvalue weighted by Gasteiger charge is 2.43. The number of nitrogens with zero attached hydrogens (tertiary/aromatic N) is 3. The van der Waals surface area contributed by atoms with Gasteiger partial charge in [-0.25, -0.2) is 4.98 Å². The number of hydrogen-bond donors (Lipinski definition) is 0. The highest BCUT2D eigenvalue weighted by molar-refractivity contribution is 7.25. The first kappa shape index (κ1) is 32.5. The Morgan fingerprint density at radius 3 is 1.96 bits per heavy atom. The van der Waals surface area contributed by atoms with E-state index in [0.29, 0.717) is 0 Å². The number of benzene rings is 6. The van der Waals surface area contributed by atoms with Crippen LogP contribution in [-0.2, 0) is 5.41 Å². The molecule has 0 spiro atoms. The van der Waals surface area contributed by atoms with Crippen LogP contribution in [0.4, 0.5) is 17.2 Å². The van der Waals surface area contributed by atoms with Crippen LogP contribution in [0.1, 0.15) is 25.0 Å². The second-order valence-electron chi connectivity index (χ2n) is 14.6. The predicted molar refractivity (Wildman–Crippen MR) is 231 cm³/mol. The first-order valence-electron chi connectivity index (χ1n) is 18.5. The molecule has 1 aliphatic rings. The zero-order valence-electron chi connectivity index (χ0n) is 30.1. The van der Waals surface area contributed by atoms with Gasteiger partial charge in [0, 0.05) is 54.8 Å². The monoisotopic (exact) mass is 727 g/mol. The van der Waals surface area contributed by atoms with Gasteiger partial charge in [0.1, 0.15) is 5.82 Å². The summed E-state index contributed by atoms with van der Waals surface area (Å²) in [6, 6.07) is 64.7. The molecular formula is C49H37N3SSi. The molecule has 10 rings (SSSR count). The maximum Gasteiger partial charge on any atom is 0.179 e. The Kier molecular flexibility index (Phi) is 7.68. The van der Waals surface area contributed by atoms with Gasteiger partial charge in [0.25, 0.3) is 0 Å². The molecule has 0 unspecified atom stereocenters. The van der Waals surface area contributed by atoms with Crippen molar-refractivity contribution in [3.05, 3.63) is 199 Å². The molecule has 4 heterocycles. The maximum atomic E-state index is 5.15. The largest absolute Gasteiger partial charge is 0.294 e. The van der Waals surface area contributed by atoms with Crippen LogP contribution in [0, 0.1) is 0 Å². The number of pyridine rings is 2. The Bertz CT molecular complexity index is 2770. The van der Waals surface area contributed by atoms with Gasteiger partial charge in [-0.05, 0) is 74.8 Å². The quantitative estimate of drug-likeness (QED) is 0.126. The minimum atomic E-state index is -2.91. The number of rotatable bonds is 6. The van der Waals surface area contributed by atoms with Gasteiger partial charge in [0.05, 0.1) is 11.4 Å². The smallest absolute Gasteiger partial charge is 0.179 e. The Hall–Kier alpha value is -6.14. The van der Waals surface area contributed by atoms with Crippen LogP contribution in [0.15, 0.2) is 188 Å². The van der Waals surface area contributed by atoms with E-state index in [4.69, 9.17) is 9.97 Å². The zero-order valence-corrected chi connectivity index (χ0v) is 32.0. The summed E-state index contributed by atoms with van der Waals surface area (Å²) in [7, 11) is -2.91. The summed E-state index contributed by atoms with van der Waals surface area (Å²) >= 11 is 1.88. The SMILES string of the molecule is CC1(C)c2cccnc2N(c2cccc([Si](c3ccccc3)(c3ccccc3)c3cccc(-c4ccccn4)c3)c2)c2ccc3sc4ccccc4c3c21. The molecule has 0 saturated heterocycles. The van der Waals surface area contributed by atoms with Crippen LogP contribution in [0.3, 0.4) is 0 Å². The fourth-order valence-electron chi connectivity index (χ4n) is 8.90. The summed E-state index contributed by atoms with van der Waals surface area (Å²) in [5.74, 6) is 0.981. The number of thiophene rings is 1. The summed E-state index contributed by atoms with van der Waals surface area (Å²) in [5.41, 5.74) is 6.68. The summed E-state index contributed by atoms with van der Waals surface area (Å²) in [5, 5.41) is 7.94. The van der Waals surface area contributed by atoms with E-state index in [-0.39, 0.29) is 5.41 Å². The molecule has 3 aromatic heterocycles. The van der Waals surface area contributed by atoms with Crippen LogP contribution < -0.4 is 25.6 Å². The molecule has 0 radical (unpaired) electrons. The van der Waals surface area contributed by atoms with Crippen molar-refractivity contribution < 1.29 is 0 Å². The summed E-state index contributed by atoms with van der Waals surface area (Å²) in [6.07, 6.45) is 3.81. The molecule has 258 valence electrons. The van der Waals surface area contributed by atoms with E-state index in [2.05, 4.69) is 189 Å². The van der Waals surface area contributed by atoms with E-state index >= 15 is 0 Å². The average Bonchev–Trinajstić information content (AvgIpc) is 3.61. The predicted octanol–water partition coefficient (Wildman–Crippen LogP) is 10.00. The summed E-state index contributed by atoms with van der Waals surface area (Å²) in [6.45, 7) is 4.73. The van der Waals surface area contributed by atoms with E-state index in [1.165, 1.54) is 57.7 Å². The molecular weight excluding hydrogens is 691 g/mol. The minimum absolute atomic E-state index is 0.269. The third-order valence-corrected chi connectivity index (χ3v) is 17.2. The fraction of sp³-hybridized carbons (Fsp3) is 0.0612. The molecule has 0 N–H and O–H groups in total. The lowest BCUT2D eigenvalue weighted by molar-refractivity contribution is 0.634. The van der Waals surface area contributed by atoms with Crippen LogP contribution in [0.2, 0.25) is 0 Å². The van der Waals surface area contributed by atoms with Crippen molar-refractivity contribution in [2.24, 2.45) is 0 Å². The summed E-state index contributed by atoms with van der Waals surface area (Å²) < 4.78 is 2.63. The van der Waals surface area contributed by atoms with E-state index in [1.54, 1.807) is 0 Å². The Morgan fingerprint density at radius 2 is 1.20 bits per heavy atom. The van der Waals surface area contributed by atoms with Crippen molar-refractivity contribution >= 4 is 77.5 Å². The van der Waals surface area contributed by atoms with E-state index in [0.717, 1.165) is 22.8 Å². The third-order valence-electron chi connectivity index (χ3n) is 11.3. The Morgan fingerprint density at radius 1 is 0.537 bits per heavy atom. The minimum Gasteiger partial charge on any atom is -0.294 e. The number of anilines is 3. The average molecular weight is 728 g/mol. The molecule has 0 bridgehead atoms. The molecule has 9 aromatic rings. The number of hydrogen-bond acceptors (Lipinski definition) is 4. The highest BCUT2D eigenvalue weighted by atomic mass is 32.1. The van der Waals surface area contributed by atoms with Gasteiger partial charge in [0.15, 0.2) is 8.07 Å². The first-order valence-corrected chi connectivity index (χ1v) is 21.3. The Labute approximate surface area is 320 Å². The van der Waals surface area contributed by atoms with Gasteiger partial charge in [-0.15, -0.1) is 11.3 Å². The van der Waals surface area contributed by atoms with Crippen molar-refractivity contribution in [1.29, 1.82) is 0 Å². The van der Waals surface area contributed by atoms with Crippen molar-refractivity contribution in [2.75, 3.05) is 4.90 Å². The Balaban J connectivity index is 1.27.